The van der Waals surface area contributed by atoms with E-state index in [9.17, 15) is 16.8 Å². The third-order valence-corrected chi connectivity index (χ3v) is 4.04. The Balaban J connectivity index is 2.50. The highest BCUT2D eigenvalue weighted by Crippen LogP contribution is 2.14. The molecule has 6 nitrogen and oxygen atoms in total. The molecule has 0 atom stereocenters. The van der Waals surface area contributed by atoms with E-state index < -0.39 is 19.9 Å². The monoisotopic (exact) mass is 293 g/mol. The molecule has 0 fully saturated rings. The second-order valence-electron chi connectivity index (χ2n) is 3.85. The van der Waals surface area contributed by atoms with Gasteiger partial charge in [0.15, 0.2) is 0 Å². The summed E-state index contributed by atoms with van der Waals surface area (Å²) in [6, 6.07) is 5.61. The summed E-state index contributed by atoms with van der Waals surface area (Å²) in [5.74, 6) is 0.526. The number of primary sulfonamides is 1. The van der Waals surface area contributed by atoms with E-state index in [2.05, 4.69) is 0 Å². The molecule has 0 saturated carbocycles. The second kappa shape index (κ2) is 5.68. The zero-order valence-corrected chi connectivity index (χ0v) is 11.5. The molecule has 1 aromatic carbocycles. The standard InChI is InChI=1S/C10H15NO5S2/c1-17(12,13)8-2-7-16-9-3-5-10(6-4-9)18(11,14)15/h3-6H,2,7-8H2,1H3,(H2,11,14,15). The Morgan fingerprint density at radius 3 is 2.11 bits per heavy atom. The summed E-state index contributed by atoms with van der Waals surface area (Å²) in [5.41, 5.74) is 0. The SMILES string of the molecule is CS(=O)(=O)CCCOc1ccc(S(N)(=O)=O)cc1. The lowest BCUT2D eigenvalue weighted by atomic mass is 10.3. The normalized spacial score (nSPS) is 12.3. The lowest BCUT2D eigenvalue weighted by Gasteiger charge is -2.06. The molecule has 0 spiro atoms. The van der Waals surface area contributed by atoms with Crippen molar-refractivity contribution in [3.8, 4) is 5.75 Å². The lowest BCUT2D eigenvalue weighted by molar-refractivity contribution is 0.317. The summed E-state index contributed by atoms with van der Waals surface area (Å²) in [7, 11) is -6.68. The van der Waals surface area contributed by atoms with Crippen LogP contribution in [0.25, 0.3) is 0 Å². The van der Waals surface area contributed by atoms with Gasteiger partial charge in [-0.1, -0.05) is 0 Å². The highest BCUT2D eigenvalue weighted by atomic mass is 32.2. The molecule has 0 bridgehead atoms. The number of sulfonamides is 1. The summed E-state index contributed by atoms with van der Waals surface area (Å²) in [5, 5.41) is 4.94. The molecule has 0 unspecified atom stereocenters. The fraction of sp³-hybridized carbons (Fsp3) is 0.400. The zero-order valence-electron chi connectivity index (χ0n) is 9.87. The second-order valence-corrected chi connectivity index (χ2v) is 7.67. The Labute approximate surface area is 107 Å². The Hall–Kier alpha value is -1.12. The van der Waals surface area contributed by atoms with Crippen LogP contribution in [0, 0.1) is 0 Å². The maximum absolute atomic E-state index is 11.0. The summed E-state index contributed by atoms with van der Waals surface area (Å²) < 4.78 is 49.0. The van der Waals surface area contributed by atoms with Gasteiger partial charge in [-0.15, -0.1) is 0 Å². The third-order valence-electron chi connectivity index (χ3n) is 2.08. The predicted octanol–water partition coefficient (Wildman–Crippen LogP) is 0.148. The largest absolute Gasteiger partial charge is 0.494 e. The van der Waals surface area contributed by atoms with Gasteiger partial charge in [0.2, 0.25) is 10.0 Å². The Morgan fingerprint density at radius 2 is 1.67 bits per heavy atom. The molecule has 0 aliphatic rings. The average Bonchev–Trinajstić information content (AvgIpc) is 2.22. The van der Waals surface area contributed by atoms with Gasteiger partial charge in [-0.05, 0) is 30.7 Å². The summed E-state index contributed by atoms with van der Waals surface area (Å²) >= 11 is 0. The molecule has 2 N–H and O–H groups in total. The molecule has 0 aliphatic heterocycles. The van der Waals surface area contributed by atoms with Crippen molar-refractivity contribution < 1.29 is 21.6 Å². The Kier molecular flexibility index (Phi) is 4.71. The van der Waals surface area contributed by atoms with Crippen LogP contribution < -0.4 is 9.88 Å². The minimum absolute atomic E-state index is 0.00554. The molecule has 18 heavy (non-hydrogen) atoms. The molecule has 1 aromatic rings. The van der Waals surface area contributed by atoms with Crippen LogP contribution in [-0.2, 0) is 19.9 Å². The van der Waals surface area contributed by atoms with E-state index in [0.717, 1.165) is 6.26 Å². The van der Waals surface area contributed by atoms with Crippen molar-refractivity contribution in [3.05, 3.63) is 24.3 Å². The van der Waals surface area contributed by atoms with E-state index in [1.165, 1.54) is 24.3 Å². The quantitative estimate of drug-likeness (QED) is 0.752. The van der Waals surface area contributed by atoms with Crippen molar-refractivity contribution in [2.24, 2.45) is 5.14 Å². The smallest absolute Gasteiger partial charge is 0.238 e. The van der Waals surface area contributed by atoms with E-state index in [0.29, 0.717) is 12.2 Å². The maximum Gasteiger partial charge on any atom is 0.238 e. The van der Waals surface area contributed by atoms with Crippen LogP contribution in [0.4, 0.5) is 0 Å². The molecule has 0 amide bonds. The summed E-state index contributed by atoms with van der Waals surface area (Å²) in [4.78, 5) is 0.00554. The van der Waals surface area contributed by atoms with Gasteiger partial charge in [-0.25, -0.2) is 22.0 Å². The first-order valence-electron chi connectivity index (χ1n) is 5.12. The Morgan fingerprint density at radius 1 is 1.11 bits per heavy atom. The van der Waals surface area contributed by atoms with Gasteiger partial charge in [0.25, 0.3) is 0 Å². The molecule has 102 valence electrons. The molecule has 1 rings (SSSR count). The van der Waals surface area contributed by atoms with E-state index in [4.69, 9.17) is 9.88 Å². The third kappa shape index (κ3) is 5.48. The highest BCUT2D eigenvalue weighted by Gasteiger charge is 2.07. The fourth-order valence-corrected chi connectivity index (χ4v) is 2.39. The van der Waals surface area contributed by atoms with Crippen molar-refractivity contribution in [3.63, 3.8) is 0 Å². The first-order valence-corrected chi connectivity index (χ1v) is 8.72. The Bertz CT molecular complexity index is 590. The topological polar surface area (TPSA) is 104 Å². The van der Waals surface area contributed by atoms with Gasteiger partial charge < -0.3 is 4.74 Å². The van der Waals surface area contributed by atoms with Crippen LogP contribution in [-0.4, -0.2) is 35.5 Å². The van der Waals surface area contributed by atoms with E-state index in [-0.39, 0.29) is 17.3 Å². The number of nitrogens with two attached hydrogens (primary N) is 1. The minimum atomic E-state index is -3.70. The number of hydrogen-bond acceptors (Lipinski definition) is 5. The van der Waals surface area contributed by atoms with Crippen LogP contribution in [0.1, 0.15) is 6.42 Å². The van der Waals surface area contributed by atoms with E-state index in [1.54, 1.807) is 0 Å². The van der Waals surface area contributed by atoms with Crippen LogP contribution in [0.5, 0.6) is 5.75 Å². The maximum atomic E-state index is 11.0. The number of benzene rings is 1. The molecule has 0 aromatic heterocycles. The first kappa shape index (κ1) is 14.9. The number of hydrogen-bond donors (Lipinski definition) is 1. The van der Waals surface area contributed by atoms with E-state index in [1.807, 2.05) is 0 Å². The summed E-state index contributed by atoms with van der Waals surface area (Å²) in [6.07, 6.45) is 1.55. The number of sulfone groups is 1. The number of ether oxygens (including phenoxy) is 1. The number of rotatable bonds is 6. The zero-order chi connectivity index (χ0) is 13.8. The molecule has 0 saturated heterocycles. The first-order chi connectivity index (χ1) is 8.18. The van der Waals surface area contributed by atoms with Gasteiger partial charge in [0.05, 0.1) is 17.3 Å². The van der Waals surface area contributed by atoms with Gasteiger partial charge in [0, 0.05) is 6.26 Å². The van der Waals surface area contributed by atoms with Crippen molar-refractivity contribution in [1.29, 1.82) is 0 Å². The molecule has 0 heterocycles. The summed E-state index contributed by atoms with van der Waals surface area (Å²) in [6.45, 7) is 0.252. The molecule has 0 radical (unpaired) electrons. The molecular formula is C10H15NO5S2. The van der Waals surface area contributed by atoms with Crippen molar-refractivity contribution in [2.75, 3.05) is 18.6 Å². The van der Waals surface area contributed by atoms with Crippen LogP contribution >= 0.6 is 0 Å². The average molecular weight is 293 g/mol. The van der Waals surface area contributed by atoms with E-state index >= 15 is 0 Å². The van der Waals surface area contributed by atoms with Gasteiger partial charge in [-0.2, -0.15) is 0 Å². The van der Waals surface area contributed by atoms with Crippen LogP contribution in [0.3, 0.4) is 0 Å². The van der Waals surface area contributed by atoms with Gasteiger partial charge in [-0.3, -0.25) is 0 Å². The molecular weight excluding hydrogens is 278 g/mol. The molecule has 8 heteroatoms. The fourth-order valence-electron chi connectivity index (χ4n) is 1.24. The minimum Gasteiger partial charge on any atom is -0.494 e. The van der Waals surface area contributed by atoms with Crippen LogP contribution in [0.15, 0.2) is 29.2 Å². The van der Waals surface area contributed by atoms with Gasteiger partial charge >= 0.3 is 0 Å². The van der Waals surface area contributed by atoms with Crippen molar-refractivity contribution >= 4 is 19.9 Å². The van der Waals surface area contributed by atoms with Crippen molar-refractivity contribution in [2.45, 2.75) is 11.3 Å². The predicted molar refractivity (Wildman–Crippen MR) is 67.6 cm³/mol. The van der Waals surface area contributed by atoms with Gasteiger partial charge in [0.1, 0.15) is 15.6 Å². The van der Waals surface area contributed by atoms with Crippen molar-refractivity contribution in [1.82, 2.24) is 0 Å². The lowest BCUT2D eigenvalue weighted by Crippen LogP contribution is -2.12. The molecule has 0 aliphatic carbocycles. The van der Waals surface area contributed by atoms with Crippen LogP contribution in [0.2, 0.25) is 0 Å². The highest BCUT2D eigenvalue weighted by molar-refractivity contribution is 7.90.